The van der Waals surface area contributed by atoms with Crippen LogP contribution in [0, 0.1) is 5.92 Å². The van der Waals surface area contributed by atoms with Gasteiger partial charge in [-0.3, -0.25) is 0 Å². The fourth-order valence-corrected chi connectivity index (χ4v) is 1.39. The molecule has 0 atom stereocenters. The molecular weight excluding hydrogens is 220 g/mol. The van der Waals surface area contributed by atoms with Crippen molar-refractivity contribution in [2.24, 2.45) is 5.92 Å². The van der Waals surface area contributed by atoms with Crippen LogP contribution in [0.3, 0.4) is 0 Å². The van der Waals surface area contributed by atoms with Crippen molar-refractivity contribution in [3.05, 3.63) is 24.1 Å². The van der Waals surface area contributed by atoms with Gasteiger partial charge < -0.3 is 9.84 Å². The van der Waals surface area contributed by atoms with Gasteiger partial charge >= 0.3 is 0 Å². The molecular formula is C10H16N6O. The highest BCUT2D eigenvalue weighted by Gasteiger charge is 2.04. The van der Waals surface area contributed by atoms with E-state index in [0.717, 1.165) is 18.8 Å². The largest absolute Gasteiger partial charge is 0.338 e. The van der Waals surface area contributed by atoms with Crippen LogP contribution in [0.2, 0.25) is 0 Å². The predicted octanol–water partition coefficient (Wildman–Crippen LogP) is 0.455. The number of nitrogens with zero attached hydrogens (tertiary/aromatic N) is 5. The Kier molecular flexibility index (Phi) is 3.81. The highest BCUT2D eigenvalue weighted by molar-refractivity contribution is 4.93. The first-order valence-electron chi connectivity index (χ1n) is 5.59. The van der Waals surface area contributed by atoms with Crippen molar-refractivity contribution in [1.29, 1.82) is 0 Å². The normalized spacial score (nSPS) is 11.2. The van der Waals surface area contributed by atoms with E-state index in [1.807, 2.05) is 6.20 Å². The fraction of sp³-hybridized carbons (Fsp3) is 0.600. The molecule has 2 aromatic rings. The Morgan fingerprint density at radius 3 is 3.06 bits per heavy atom. The first-order chi connectivity index (χ1) is 8.24. The van der Waals surface area contributed by atoms with Crippen LogP contribution in [-0.4, -0.2) is 31.7 Å². The fourth-order valence-electron chi connectivity index (χ4n) is 1.39. The van der Waals surface area contributed by atoms with Crippen LogP contribution in [0.25, 0.3) is 0 Å². The third kappa shape index (κ3) is 3.63. The van der Waals surface area contributed by atoms with Gasteiger partial charge in [0.2, 0.25) is 5.89 Å². The zero-order valence-electron chi connectivity index (χ0n) is 10.00. The summed E-state index contributed by atoms with van der Waals surface area (Å²) in [5.74, 6) is 1.15. The quantitative estimate of drug-likeness (QED) is 0.784. The molecule has 0 saturated carbocycles. The van der Waals surface area contributed by atoms with Crippen molar-refractivity contribution in [2.45, 2.75) is 26.9 Å². The average Bonchev–Trinajstić information content (AvgIpc) is 2.90. The molecule has 0 unspecified atom stereocenters. The SMILES string of the molecule is CC(C)CNCc1cn(Cc2ncno2)nn1. The third-order valence-electron chi connectivity index (χ3n) is 2.15. The summed E-state index contributed by atoms with van der Waals surface area (Å²) in [6.45, 7) is 6.48. The summed E-state index contributed by atoms with van der Waals surface area (Å²) >= 11 is 0. The lowest BCUT2D eigenvalue weighted by Gasteiger charge is -2.04. The average molecular weight is 236 g/mol. The van der Waals surface area contributed by atoms with Crippen molar-refractivity contribution >= 4 is 0 Å². The lowest BCUT2D eigenvalue weighted by atomic mass is 10.2. The van der Waals surface area contributed by atoms with Gasteiger partial charge in [0.15, 0.2) is 6.33 Å². The van der Waals surface area contributed by atoms with Crippen LogP contribution < -0.4 is 5.32 Å². The van der Waals surface area contributed by atoms with E-state index in [9.17, 15) is 0 Å². The minimum absolute atomic E-state index is 0.456. The van der Waals surface area contributed by atoms with Gasteiger partial charge in [0.05, 0.1) is 11.9 Å². The summed E-state index contributed by atoms with van der Waals surface area (Å²) in [4.78, 5) is 3.92. The van der Waals surface area contributed by atoms with Gasteiger partial charge in [0, 0.05) is 6.54 Å². The van der Waals surface area contributed by atoms with Crippen molar-refractivity contribution in [1.82, 2.24) is 30.5 Å². The molecule has 17 heavy (non-hydrogen) atoms. The minimum atomic E-state index is 0.456. The number of aromatic nitrogens is 5. The van der Waals surface area contributed by atoms with E-state index in [1.54, 1.807) is 4.68 Å². The molecule has 2 rings (SSSR count). The first kappa shape index (κ1) is 11.7. The Morgan fingerprint density at radius 1 is 1.47 bits per heavy atom. The number of nitrogens with one attached hydrogen (secondary N) is 1. The molecule has 0 saturated heterocycles. The van der Waals surface area contributed by atoms with Gasteiger partial charge in [0.1, 0.15) is 6.54 Å². The molecule has 2 heterocycles. The third-order valence-corrected chi connectivity index (χ3v) is 2.15. The maximum absolute atomic E-state index is 4.89. The lowest BCUT2D eigenvalue weighted by Crippen LogP contribution is -2.19. The highest BCUT2D eigenvalue weighted by Crippen LogP contribution is 1.98. The van der Waals surface area contributed by atoms with Gasteiger partial charge in [-0.25, -0.2) is 4.68 Å². The van der Waals surface area contributed by atoms with Crippen molar-refractivity contribution < 1.29 is 4.52 Å². The molecule has 7 nitrogen and oxygen atoms in total. The van der Waals surface area contributed by atoms with Gasteiger partial charge in [-0.1, -0.05) is 24.2 Å². The summed E-state index contributed by atoms with van der Waals surface area (Å²) in [5, 5.41) is 14.9. The second kappa shape index (κ2) is 5.53. The molecule has 0 amide bonds. The summed E-state index contributed by atoms with van der Waals surface area (Å²) in [6.07, 6.45) is 3.24. The molecule has 92 valence electrons. The topological polar surface area (TPSA) is 81.7 Å². The van der Waals surface area contributed by atoms with Crippen molar-refractivity contribution in [2.75, 3.05) is 6.54 Å². The first-order valence-corrected chi connectivity index (χ1v) is 5.59. The van der Waals surface area contributed by atoms with Gasteiger partial charge in [-0.05, 0) is 12.5 Å². The lowest BCUT2D eigenvalue weighted by molar-refractivity contribution is 0.363. The van der Waals surface area contributed by atoms with E-state index < -0.39 is 0 Å². The molecule has 0 radical (unpaired) electrons. The molecule has 0 aromatic carbocycles. The standard InChI is InChI=1S/C10H16N6O/c1-8(2)3-11-4-9-5-16(15-14-9)6-10-12-7-13-17-10/h5,7-8,11H,3-4,6H2,1-2H3. The molecule has 2 aromatic heterocycles. The summed E-state index contributed by atoms with van der Waals surface area (Å²) in [5.41, 5.74) is 0.908. The van der Waals surface area contributed by atoms with Crippen LogP contribution >= 0.6 is 0 Å². The smallest absolute Gasteiger partial charge is 0.248 e. The van der Waals surface area contributed by atoms with E-state index >= 15 is 0 Å². The molecule has 0 spiro atoms. The summed E-state index contributed by atoms with van der Waals surface area (Å²) in [6, 6.07) is 0. The van der Waals surface area contributed by atoms with E-state index in [4.69, 9.17) is 4.52 Å². The number of hydrogen-bond donors (Lipinski definition) is 1. The van der Waals surface area contributed by atoms with Gasteiger partial charge in [0.25, 0.3) is 0 Å². The second-order valence-corrected chi connectivity index (χ2v) is 4.27. The van der Waals surface area contributed by atoms with E-state index in [2.05, 4.69) is 39.6 Å². The Labute approximate surface area is 99.2 Å². The molecule has 1 N–H and O–H groups in total. The Hall–Kier alpha value is -1.76. The van der Waals surface area contributed by atoms with Crippen LogP contribution in [0.4, 0.5) is 0 Å². The number of rotatable bonds is 6. The van der Waals surface area contributed by atoms with E-state index in [0.29, 0.717) is 18.4 Å². The van der Waals surface area contributed by atoms with Crippen LogP contribution in [-0.2, 0) is 13.1 Å². The highest BCUT2D eigenvalue weighted by atomic mass is 16.5. The van der Waals surface area contributed by atoms with Crippen LogP contribution in [0.5, 0.6) is 0 Å². The van der Waals surface area contributed by atoms with Crippen molar-refractivity contribution in [3.63, 3.8) is 0 Å². The summed E-state index contributed by atoms with van der Waals surface area (Å²) < 4.78 is 6.57. The summed E-state index contributed by atoms with van der Waals surface area (Å²) in [7, 11) is 0. The maximum atomic E-state index is 4.89. The molecule has 0 bridgehead atoms. The van der Waals surface area contributed by atoms with Crippen LogP contribution in [0.1, 0.15) is 25.4 Å². The Balaban J connectivity index is 1.83. The molecule has 7 heteroatoms. The minimum Gasteiger partial charge on any atom is -0.338 e. The number of hydrogen-bond acceptors (Lipinski definition) is 6. The zero-order chi connectivity index (χ0) is 12.1. The molecule has 0 aliphatic rings. The van der Waals surface area contributed by atoms with Gasteiger partial charge in [-0.2, -0.15) is 4.98 Å². The monoisotopic (exact) mass is 236 g/mol. The molecule has 0 aliphatic heterocycles. The Morgan fingerprint density at radius 2 is 2.35 bits per heavy atom. The van der Waals surface area contributed by atoms with E-state index in [1.165, 1.54) is 6.33 Å². The van der Waals surface area contributed by atoms with E-state index in [-0.39, 0.29) is 0 Å². The predicted molar refractivity (Wildman–Crippen MR) is 60.0 cm³/mol. The maximum Gasteiger partial charge on any atom is 0.248 e. The van der Waals surface area contributed by atoms with Gasteiger partial charge in [-0.15, -0.1) is 5.10 Å². The Bertz CT molecular complexity index is 435. The molecule has 0 fully saturated rings. The zero-order valence-corrected chi connectivity index (χ0v) is 10.00. The molecule has 0 aliphatic carbocycles. The van der Waals surface area contributed by atoms with Crippen LogP contribution in [0.15, 0.2) is 17.0 Å². The second-order valence-electron chi connectivity index (χ2n) is 4.27. The van der Waals surface area contributed by atoms with Crippen molar-refractivity contribution in [3.8, 4) is 0 Å².